The van der Waals surface area contributed by atoms with E-state index in [1.165, 1.54) is 0 Å². The molecule has 0 radical (unpaired) electrons. The molecule has 2 atom stereocenters. The molecule has 17 heavy (non-hydrogen) atoms. The minimum absolute atomic E-state index is 0.263. The van der Waals surface area contributed by atoms with Crippen LogP contribution in [0.15, 0.2) is 12.4 Å². The monoisotopic (exact) mass is 234 g/mol. The quantitative estimate of drug-likeness (QED) is 0.851. The van der Waals surface area contributed by atoms with E-state index in [1.54, 1.807) is 0 Å². The molecule has 2 aliphatic heterocycles. The van der Waals surface area contributed by atoms with Crippen LogP contribution in [0.4, 0.5) is 5.69 Å². The van der Waals surface area contributed by atoms with Crippen LogP contribution in [-0.4, -0.2) is 39.2 Å². The average molecular weight is 234 g/mol. The van der Waals surface area contributed by atoms with Gasteiger partial charge in [-0.3, -0.25) is 9.48 Å². The lowest BCUT2D eigenvalue weighted by molar-refractivity contribution is -0.127. The SMILES string of the molecule is CCn1cc(NC2CC(=O)N3CCCC23)cn1. The number of carbonyl (C=O) groups is 1. The molecule has 5 heteroatoms. The predicted molar refractivity (Wildman–Crippen MR) is 64.7 cm³/mol. The van der Waals surface area contributed by atoms with E-state index in [1.807, 2.05) is 22.0 Å². The van der Waals surface area contributed by atoms with E-state index in [0.717, 1.165) is 31.6 Å². The highest BCUT2D eigenvalue weighted by molar-refractivity contribution is 5.81. The molecule has 1 aromatic heterocycles. The first-order valence-electron chi connectivity index (χ1n) is 6.36. The molecule has 1 N–H and O–H groups in total. The molecule has 92 valence electrons. The van der Waals surface area contributed by atoms with Gasteiger partial charge in [-0.05, 0) is 19.8 Å². The van der Waals surface area contributed by atoms with Crippen molar-refractivity contribution in [2.45, 2.75) is 44.8 Å². The Hall–Kier alpha value is -1.52. The van der Waals surface area contributed by atoms with Crippen molar-refractivity contribution in [1.29, 1.82) is 0 Å². The molecule has 2 saturated heterocycles. The molecule has 0 aliphatic carbocycles. The molecule has 2 aliphatic rings. The first kappa shape index (κ1) is 10.6. The van der Waals surface area contributed by atoms with E-state index in [0.29, 0.717) is 18.4 Å². The number of nitrogens with zero attached hydrogens (tertiary/aromatic N) is 3. The van der Waals surface area contributed by atoms with Gasteiger partial charge in [-0.25, -0.2) is 0 Å². The highest BCUT2D eigenvalue weighted by atomic mass is 16.2. The second-order valence-corrected chi connectivity index (χ2v) is 4.84. The molecule has 0 spiro atoms. The van der Waals surface area contributed by atoms with Crippen LogP contribution in [0, 0.1) is 0 Å². The number of hydrogen-bond donors (Lipinski definition) is 1. The third kappa shape index (κ3) is 1.79. The summed E-state index contributed by atoms with van der Waals surface area (Å²) in [5.74, 6) is 0.299. The van der Waals surface area contributed by atoms with E-state index in [9.17, 15) is 4.79 Å². The molecule has 2 unspecified atom stereocenters. The van der Waals surface area contributed by atoms with Gasteiger partial charge in [0.1, 0.15) is 0 Å². The van der Waals surface area contributed by atoms with Gasteiger partial charge >= 0.3 is 0 Å². The van der Waals surface area contributed by atoms with Crippen LogP contribution in [0.1, 0.15) is 26.2 Å². The van der Waals surface area contributed by atoms with Crippen LogP contribution in [0.3, 0.4) is 0 Å². The first-order valence-corrected chi connectivity index (χ1v) is 6.36. The number of aryl methyl sites for hydroxylation is 1. The van der Waals surface area contributed by atoms with Crippen molar-refractivity contribution in [1.82, 2.24) is 14.7 Å². The number of hydrogen-bond acceptors (Lipinski definition) is 3. The second kappa shape index (κ2) is 4.05. The number of anilines is 1. The molecular formula is C12H18N4O. The topological polar surface area (TPSA) is 50.2 Å². The van der Waals surface area contributed by atoms with Crippen molar-refractivity contribution >= 4 is 11.6 Å². The molecule has 1 amide bonds. The summed E-state index contributed by atoms with van der Waals surface area (Å²) in [6.45, 7) is 3.88. The van der Waals surface area contributed by atoms with Gasteiger partial charge in [-0.2, -0.15) is 5.10 Å². The lowest BCUT2D eigenvalue weighted by Crippen LogP contribution is -2.34. The zero-order valence-electron chi connectivity index (χ0n) is 10.1. The Morgan fingerprint density at radius 3 is 3.24 bits per heavy atom. The summed E-state index contributed by atoms with van der Waals surface area (Å²) in [6.07, 6.45) is 6.74. The molecule has 1 aromatic rings. The Bertz CT molecular complexity index is 428. The van der Waals surface area contributed by atoms with Crippen molar-refractivity contribution in [2.75, 3.05) is 11.9 Å². The highest BCUT2D eigenvalue weighted by Gasteiger charge is 2.42. The van der Waals surface area contributed by atoms with Crippen LogP contribution in [0.25, 0.3) is 0 Å². The molecule has 0 saturated carbocycles. The van der Waals surface area contributed by atoms with Crippen LogP contribution in [0.5, 0.6) is 0 Å². The largest absolute Gasteiger partial charge is 0.377 e. The van der Waals surface area contributed by atoms with E-state index in [2.05, 4.69) is 17.3 Å². The summed E-state index contributed by atoms with van der Waals surface area (Å²) in [7, 11) is 0. The van der Waals surface area contributed by atoms with Crippen molar-refractivity contribution < 1.29 is 4.79 Å². The maximum absolute atomic E-state index is 11.8. The number of nitrogens with one attached hydrogen (secondary N) is 1. The smallest absolute Gasteiger partial charge is 0.225 e. The van der Waals surface area contributed by atoms with E-state index in [4.69, 9.17) is 0 Å². The lowest BCUT2D eigenvalue weighted by atomic mass is 10.1. The van der Waals surface area contributed by atoms with Crippen molar-refractivity contribution in [3.63, 3.8) is 0 Å². The van der Waals surface area contributed by atoms with Gasteiger partial charge in [0.15, 0.2) is 0 Å². The molecule has 0 bridgehead atoms. The molecule has 5 nitrogen and oxygen atoms in total. The first-order chi connectivity index (χ1) is 8.28. The maximum Gasteiger partial charge on any atom is 0.225 e. The van der Waals surface area contributed by atoms with Gasteiger partial charge < -0.3 is 10.2 Å². The van der Waals surface area contributed by atoms with Crippen LogP contribution in [0.2, 0.25) is 0 Å². The zero-order valence-corrected chi connectivity index (χ0v) is 10.1. The fraction of sp³-hybridized carbons (Fsp3) is 0.667. The minimum atomic E-state index is 0.263. The Morgan fingerprint density at radius 2 is 2.47 bits per heavy atom. The van der Waals surface area contributed by atoms with Crippen LogP contribution < -0.4 is 5.32 Å². The van der Waals surface area contributed by atoms with Crippen molar-refractivity contribution in [2.24, 2.45) is 0 Å². The van der Waals surface area contributed by atoms with Gasteiger partial charge in [0.25, 0.3) is 0 Å². The number of carbonyl (C=O) groups excluding carboxylic acids is 1. The Kier molecular flexibility index (Phi) is 2.53. The Balaban J connectivity index is 1.71. The highest BCUT2D eigenvalue weighted by Crippen LogP contribution is 2.30. The fourth-order valence-electron chi connectivity index (χ4n) is 2.93. The number of rotatable bonds is 3. The lowest BCUT2D eigenvalue weighted by Gasteiger charge is -2.20. The third-order valence-electron chi connectivity index (χ3n) is 3.79. The minimum Gasteiger partial charge on any atom is -0.377 e. The van der Waals surface area contributed by atoms with Gasteiger partial charge in [0.05, 0.1) is 24.0 Å². The number of fused-ring (bicyclic) bond motifs is 1. The number of aromatic nitrogens is 2. The normalized spacial score (nSPS) is 27.6. The molecular weight excluding hydrogens is 216 g/mol. The summed E-state index contributed by atoms with van der Waals surface area (Å²) in [5.41, 5.74) is 1.03. The van der Waals surface area contributed by atoms with E-state index in [-0.39, 0.29) is 6.04 Å². The van der Waals surface area contributed by atoms with Gasteiger partial charge in [0, 0.05) is 25.7 Å². The molecule has 3 heterocycles. The molecule has 0 aromatic carbocycles. The summed E-state index contributed by atoms with van der Waals surface area (Å²) in [4.78, 5) is 13.8. The molecule has 2 fully saturated rings. The zero-order chi connectivity index (χ0) is 11.8. The van der Waals surface area contributed by atoms with Gasteiger partial charge in [-0.1, -0.05) is 0 Å². The maximum atomic E-state index is 11.8. The summed E-state index contributed by atoms with van der Waals surface area (Å²) in [6, 6.07) is 0.659. The third-order valence-corrected chi connectivity index (χ3v) is 3.79. The van der Waals surface area contributed by atoms with E-state index >= 15 is 0 Å². The molecule has 3 rings (SSSR count). The number of amides is 1. The fourth-order valence-corrected chi connectivity index (χ4v) is 2.93. The Labute approximate surface area is 101 Å². The summed E-state index contributed by atoms with van der Waals surface area (Å²) >= 11 is 0. The van der Waals surface area contributed by atoms with Crippen LogP contribution in [-0.2, 0) is 11.3 Å². The van der Waals surface area contributed by atoms with Crippen molar-refractivity contribution in [3.05, 3.63) is 12.4 Å². The van der Waals surface area contributed by atoms with Gasteiger partial charge in [-0.15, -0.1) is 0 Å². The van der Waals surface area contributed by atoms with Crippen LogP contribution >= 0.6 is 0 Å². The predicted octanol–water partition coefficient (Wildman–Crippen LogP) is 1.08. The second-order valence-electron chi connectivity index (χ2n) is 4.84. The van der Waals surface area contributed by atoms with E-state index < -0.39 is 0 Å². The van der Waals surface area contributed by atoms with Gasteiger partial charge in [0.2, 0.25) is 5.91 Å². The summed E-state index contributed by atoms with van der Waals surface area (Å²) in [5, 5.41) is 7.69. The standard InChI is InChI=1S/C12H18N4O/c1-2-15-8-9(7-13-15)14-10-6-12(17)16-5-3-4-11(10)16/h7-8,10-11,14H,2-6H2,1H3. The summed E-state index contributed by atoms with van der Waals surface area (Å²) < 4.78 is 1.89. The average Bonchev–Trinajstić information content (AvgIpc) is 3.00. The Morgan fingerprint density at radius 1 is 1.59 bits per heavy atom. The van der Waals surface area contributed by atoms with Crippen molar-refractivity contribution in [3.8, 4) is 0 Å².